The van der Waals surface area contributed by atoms with Crippen LogP contribution in [0.3, 0.4) is 0 Å². The molecular formula is C15H13N3O. The third-order valence-corrected chi connectivity index (χ3v) is 3.00. The summed E-state index contributed by atoms with van der Waals surface area (Å²) in [7, 11) is 0. The summed E-state index contributed by atoms with van der Waals surface area (Å²) in [5.74, 6) is 0.295. The van der Waals surface area contributed by atoms with Gasteiger partial charge in [0.1, 0.15) is 12.1 Å². The van der Waals surface area contributed by atoms with Gasteiger partial charge in [0.15, 0.2) is 0 Å². The molecule has 0 bridgehead atoms. The molecule has 2 aromatic carbocycles. The number of rotatable bonds is 3. The van der Waals surface area contributed by atoms with Crippen molar-refractivity contribution < 1.29 is 5.11 Å². The Morgan fingerprint density at radius 1 is 1.00 bits per heavy atom. The van der Waals surface area contributed by atoms with Crippen LogP contribution < -0.4 is 5.32 Å². The average molecular weight is 251 g/mol. The second-order valence-corrected chi connectivity index (χ2v) is 4.23. The smallest absolute Gasteiger partial charge is 0.123 e. The molecule has 19 heavy (non-hydrogen) atoms. The molecular weight excluding hydrogens is 238 g/mol. The van der Waals surface area contributed by atoms with Crippen LogP contribution in [-0.4, -0.2) is 15.1 Å². The summed E-state index contributed by atoms with van der Waals surface area (Å²) in [5, 5.41) is 15.0. The molecule has 3 aromatic rings. The van der Waals surface area contributed by atoms with Gasteiger partial charge >= 0.3 is 0 Å². The van der Waals surface area contributed by atoms with Gasteiger partial charge in [-0.1, -0.05) is 24.3 Å². The van der Waals surface area contributed by atoms with Gasteiger partial charge in [-0.15, -0.1) is 0 Å². The maximum atomic E-state index is 9.83. The van der Waals surface area contributed by atoms with Crippen molar-refractivity contribution in [1.82, 2.24) is 9.97 Å². The van der Waals surface area contributed by atoms with Crippen molar-refractivity contribution in [2.75, 3.05) is 5.32 Å². The van der Waals surface area contributed by atoms with E-state index in [9.17, 15) is 5.11 Å². The molecule has 1 heterocycles. The third kappa shape index (κ3) is 2.33. The maximum absolute atomic E-state index is 9.83. The van der Waals surface area contributed by atoms with Crippen LogP contribution in [0.2, 0.25) is 0 Å². The number of aromatic hydroxyl groups is 1. The molecule has 0 radical (unpaired) electrons. The van der Waals surface area contributed by atoms with Gasteiger partial charge in [-0.2, -0.15) is 0 Å². The molecule has 0 amide bonds. The molecule has 0 aliphatic rings. The van der Waals surface area contributed by atoms with Crippen LogP contribution in [0.5, 0.6) is 5.75 Å². The van der Waals surface area contributed by atoms with Crippen LogP contribution in [0, 0.1) is 0 Å². The summed E-state index contributed by atoms with van der Waals surface area (Å²) in [6.45, 7) is 0.622. The van der Waals surface area contributed by atoms with E-state index in [1.807, 2.05) is 36.4 Å². The zero-order valence-electron chi connectivity index (χ0n) is 10.2. The van der Waals surface area contributed by atoms with Gasteiger partial charge < -0.3 is 10.4 Å². The zero-order chi connectivity index (χ0) is 13.1. The lowest BCUT2D eigenvalue weighted by molar-refractivity contribution is 0.481. The molecule has 0 aliphatic heterocycles. The molecule has 0 aliphatic carbocycles. The molecule has 0 unspecified atom stereocenters. The van der Waals surface area contributed by atoms with E-state index in [4.69, 9.17) is 0 Å². The lowest BCUT2D eigenvalue weighted by Gasteiger charge is -2.10. The molecule has 0 saturated heterocycles. The van der Waals surface area contributed by atoms with Gasteiger partial charge in [-0.25, -0.2) is 9.97 Å². The van der Waals surface area contributed by atoms with Gasteiger partial charge in [-0.3, -0.25) is 0 Å². The summed E-state index contributed by atoms with van der Waals surface area (Å²) in [5.41, 5.74) is 1.90. The Morgan fingerprint density at radius 3 is 2.68 bits per heavy atom. The molecule has 0 spiro atoms. The predicted octanol–water partition coefficient (Wildman–Crippen LogP) is 2.95. The fourth-order valence-corrected chi connectivity index (χ4v) is 2.06. The highest BCUT2D eigenvalue weighted by atomic mass is 16.3. The minimum atomic E-state index is 0.295. The second kappa shape index (κ2) is 4.94. The largest absolute Gasteiger partial charge is 0.507 e. The number of phenolic OH excluding ortho intramolecular Hbond substituents is 1. The van der Waals surface area contributed by atoms with E-state index in [0.717, 1.165) is 22.2 Å². The first-order chi connectivity index (χ1) is 9.34. The standard InChI is InChI=1S/C15H13N3O/c19-15-6-2-3-12-13(15)4-1-5-14(12)17-9-11-7-8-16-10-18-11/h1-8,10,17,19H,9H2. The van der Waals surface area contributed by atoms with Gasteiger partial charge in [0, 0.05) is 22.7 Å². The van der Waals surface area contributed by atoms with Crippen molar-refractivity contribution in [2.45, 2.75) is 6.54 Å². The Balaban J connectivity index is 1.91. The summed E-state index contributed by atoms with van der Waals surface area (Å²) in [6, 6.07) is 13.2. The highest BCUT2D eigenvalue weighted by molar-refractivity contribution is 5.97. The van der Waals surface area contributed by atoms with Gasteiger partial charge in [0.25, 0.3) is 0 Å². The Morgan fingerprint density at radius 2 is 1.84 bits per heavy atom. The molecule has 4 nitrogen and oxygen atoms in total. The van der Waals surface area contributed by atoms with Gasteiger partial charge in [-0.05, 0) is 18.2 Å². The number of nitrogens with zero attached hydrogens (tertiary/aromatic N) is 2. The fraction of sp³-hybridized carbons (Fsp3) is 0.0667. The molecule has 3 rings (SSSR count). The third-order valence-electron chi connectivity index (χ3n) is 3.00. The van der Waals surface area contributed by atoms with E-state index in [-0.39, 0.29) is 0 Å². The zero-order valence-corrected chi connectivity index (χ0v) is 10.2. The van der Waals surface area contributed by atoms with Crippen LogP contribution in [0.4, 0.5) is 5.69 Å². The second-order valence-electron chi connectivity index (χ2n) is 4.23. The molecule has 2 N–H and O–H groups in total. The average Bonchev–Trinajstić information content (AvgIpc) is 2.47. The van der Waals surface area contributed by atoms with Crippen LogP contribution in [0.25, 0.3) is 10.8 Å². The van der Waals surface area contributed by atoms with E-state index < -0.39 is 0 Å². The van der Waals surface area contributed by atoms with E-state index in [0.29, 0.717) is 12.3 Å². The molecule has 1 aromatic heterocycles. The Bertz CT molecular complexity index is 698. The molecule has 0 atom stereocenters. The first-order valence-electron chi connectivity index (χ1n) is 6.04. The molecule has 0 saturated carbocycles. The highest BCUT2D eigenvalue weighted by Crippen LogP contribution is 2.29. The van der Waals surface area contributed by atoms with E-state index >= 15 is 0 Å². The van der Waals surface area contributed by atoms with Crippen LogP contribution >= 0.6 is 0 Å². The maximum Gasteiger partial charge on any atom is 0.123 e. The van der Waals surface area contributed by atoms with Crippen molar-refractivity contribution in [1.29, 1.82) is 0 Å². The number of nitrogens with one attached hydrogen (secondary N) is 1. The van der Waals surface area contributed by atoms with Crippen LogP contribution in [0.1, 0.15) is 5.69 Å². The predicted molar refractivity (Wildman–Crippen MR) is 75.0 cm³/mol. The van der Waals surface area contributed by atoms with Crippen molar-refractivity contribution in [3.05, 3.63) is 60.7 Å². The fourth-order valence-electron chi connectivity index (χ4n) is 2.06. The number of aromatic nitrogens is 2. The van der Waals surface area contributed by atoms with Gasteiger partial charge in [0.05, 0.1) is 12.2 Å². The van der Waals surface area contributed by atoms with E-state index in [2.05, 4.69) is 15.3 Å². The molecule has 0 fully saturated rings. The Hall–Kier alpha value is -2.62. The summed E-state index contributed by atoms with van der Waals surface area (Å²) in [6.07, 6.45) is 3.25. The Labute approximate surface area is 110 Å². The number of hydrogen-bond acceptors (Lipinski definition) is 4. The first-order valence-corrected chi connectivity index (χ1v) is 6.04. The van der Waals surface area contributed by atoms with Crippen molar-refractivity contribution in [3.8, 4) is 5.75 Å². The highest BCUT2D eigenvalue weighted by Gasteiger charge is 2.03. The minimum Gasteiger partial charge on any atom is -0.507 e. The number of phenols is 1. The molecule has 4 heteroatoms. The topological polar surface area (TPSA) is 58.0 Å². The van der Waals surface area contributed by atoms with Crippen molar-refractivity contribution in [3.63, 3.8) is 0 Å². The van der Waals surface area contributed by atoms with E-state index in [1.54, 1.807) is 12.3 Å². The van der Waals surface area contributed by atoms with Crippen LogP contribution in [0.15, 0.2) is 55.0 Å². The summed E-state index contributed by atoms with van der Waals surface area (Å²) >= 11 is 0. The lowest BCUT2D eigenvalue weighted by atomic mass is 10.1. The summed E-state index contributed by atoms with van der Waals surface area (Å²) < 4.78 is 0. The number of anilines is 1. The first kappa shape index (κ1) is 11.5. The monoisotopic (exact) mass is 251 g/mol. The summed E-state index contributed by atoms with van der Waals surface area (Å²) in [4.78, 5) is 8.06. The number of fused-ring (bicyclic) bond motifs is 1. The Kier molecular flexibility index (Phi) is 2.98. The number of hydrogen-bond donors (Lipinski definition) is 2. The van der Waals surface area contributed by atoms with E-state index in [1.165, 1.54) is 6.33 Å². The normalized spacial score (nSPS) is 10.5. The van der Waals surface area contributed by atoms with Gasteiger partial charge in [0.2, 0.25) is 0 Å². The SMILES string of the molecule is Oc1cccc2c(NCc3ccncn3)cccc12. The lowest BCUT2D eigenvalue weighted by Crippen LogP contribution is -2.01. The molecule has 94 valence electrons. The number of benzene rings is 2. The van der Waals surface area contributed by atoms with Crippen molar-refractivity contribution in [2.24, 2.45) is 0 Å². The van der Waals surface area contributed by atoms with Crippen LogP contribution in [-0.2, 0) is 6.54 Å². The minimum absolute atomic E-state index is 0.295. The quantitative estimate of drug-likeness (QED) is 0.751. The van der Waals surface area contributed by atoms with Crippen molar-refractivity contribution >= 4 is 16.5 Å².